The molecule has 0 fully saturated rings. The van der Waals surface area contributed by atoms with E-state index in [0.717, 1.165) is 12.1 Å². The minimum absolute atomic E-state index is 0.149. The van der Waals surface area contributed by atoms with Crippen LogP contribution in [0.4, 0.5) is 23.2 Å². The summed E-state index contributed by atoms with van der Waals surface area (Å²) in [6.07, 6.45) is -4.54. The highest BCUT2D eigenvalue weighted by Gasteiger charge is 2.29. The van der Waals surface area contributed by atoms with Crippen LogP contribution in [0.1, 0.15) is 0 Å². The molecule has 122 valence electrons. The number of non-ortho nitro benzene ring substituents is 1. The molecule has 0 amide bonds. The van der Waals surface area contributed by atoms with Gasteiger partial charge in [0, 0.05) is 6.07 Å². The van der Waals surface area contributed by atoms with Crippen LogP contribution in [0, 0.1) is 15.9 Å². The van der Waals surface area contributed by atoms with Crippen molar-refractivity contribution in [3.63, 3.8) is 0 Å². The van der Waals surface area contributed by atoms with E-state index >= 15 is 0 Å². The van der Waals surface area contributed by atoms with E-state index in [1.54, 1.807) is 0 Å². The fourth-order valence-electron chi connectivity index (χ4n) is 1.62. The highest BCUT2D eigenvalue weighted by molar-refractivity contribution is 5.45. The molecule has 0 spiro atoms. The number of halogens is 4. The van der Waals surface area contributed by atoms with Gasteiger partial charge in [0.05, 0.1) is 11.0 Å². The third kappa shape index (κ3) is 4.56. The van der Waals surface area contributed by atoms with E-state index < -0.39 is 29.2 Å². The maximum absolute atomic E-state index is 13.8. The van der Waals surface area contributed by atoms with Crippen molar-refractivity contribution in [1.29, 1.82) is 0 Å². The molecule has 2 aromatic rings. The van der Waals surface area contributed by atoms with E-state index in [9.17, 15) is 27.7 Å². The first-order valence-corrected chi connectivity index (χ1v) is 6.16. The zero-order valence-electron chi connectivity index (χ0n) is 11.3. The van der Waals surface area contributed by atoms with E-state index in [1.807, 2.05) is 0 Å². The summed E-state index contributed by atoms with van der Waals surface area (Å²) in [6, 6.07) is 8.06. The minimum Gasteiger partial charge on any atom is -0.480 e. The Hall–Kier alpha value is -2.84. The first kappa shape index (κ1) is 16.5. The number of alkyl halides is 3. The molecule has 0 atom stereocenters. The Kier molecular flexibility index (Phi) is 4.68. The summed E-state index contributed by atoms with van der Waals surface area (Å²) < 4.78 is 60.1. The van der Waals surface area contributed by atoms with Crippen molar-refractivity contribution in [1.82, 2.24) is 0 Å². The molecule has 0 aromatic heterocycles. The normalized spacial score (nSPS) is 11.1. The molecule has 0 saturated carbocycles. The third-order valence-corrected chi connectivity index (χ3v) is 2.59. The summed E-state index contributed by atoms with van der Waals surface area (Å²) in [7, 11) is 0. The lowest BCUT2D eigenvalue weighted by atomic mass is 10.3. The van der Waals surface area contributed by atoms with Crippen LogP contribution in [-0.2, 0) is 0 Å². The number of nitrogens with zero attached hydrogens (tertiary/aromatic N) is 1. The largest absolute Gasteiger partial charge is 0.480 e. The van der Waals surface area contributed by atoms with E-state index in [1.165, 1.54) is 24.3 Å². The number of nitro benzene ring substituents is 1. The van der Waals surface area contributed by atoms with Gasteiger partial charge in [-0.1, -0.05) is 12.1 Å². The summed E-state index contributed by atoms with van der Waals surface area (Å²) in [6.45, 7) is -1.53. The zero-order valence-corrected chi connectivity index (χ0v) is 11.3. The molecule has 23 heavy (non-hydrogen) atoms. The molecule has 5 nitrogen and oxygen atoms in total. The molecule has 0 unspecified atom stereocenters. The monoisotopic (exact) mass is 331 g/mol. The highest BCUT2D eigenvalue weighted by atomic mass is 19.4. The number of ether oxygens (including phenoxy) is 2. The Bertz CT molecular complexity index is 718. The van der Waals surface area contributed by atoms with Crippen LogP contribution in [0.15, 0.2) is 42.5 Å². The van der Waals surface area contributed by atoms with Crippen LogP contribution in [0.25, 0.3) is 0 Å². The molecule has 0 heterocycles. The SMILES string of the molecule is O=[N+]([O-])c1ccc(Oc2ccccc2OCC(F)(F)F)c(F)c1. The minimum atomic E-state index is -4.54. The second-order valence-corrected chi connectivity index (χ2v) is 4.32. The van der Waals surface area contributed by atoms with Gasteiger partial charge in [0.1, 0.15) is 0 Å². The Labute approximate surface area is 127 Å². The smallest absolute Gasteiger partial charge is 0.422 e. The van der Waals surface area contributed by atoms with Crippen molar-refractivity contribution in [3.8, 4) is 17.2 Å². The molecule has 0 bridgehead atoms. The molecular formula is C14H9F4NO4. The van der Waals surface area contributed by atoms with Crippen molar-refractivity contribution in [2.75, 3.05) is 6.61 Å². The first-order valence-electron chi connectivity index (χ1n) is 6.16. The van der Waals surface area contributed by atoms with Gasteiger partial charge in [-0.2, -0.15) is 13.2 Å². The summed E-state index contributed by atoms with van der Waals surface area (Å²) in [4.78, 5) is 9.74. The van der Waals surface area contributed by atoms with Crippen molar-refractivity contribution in [2.24, 2.45) is 0 Å². The Morgan fingerprint density at radius 1 is 1.04 bits per heavy atom. The quantitative estimate of drug-likeness (QED) is 0.461. The first-order chi connectivity index (χ1) is 10.8. The molecule has 0 saturated heterocycles. The van der Waals surface area contributed by atoms with Gasteiger partial charge < -0.3 is 9.47 Å². The number of nitro groups is 1. The van der Waals surface area contributed by atoms with Gasteiger partial charge in [0.25, 0.3) is 5.69 Å². The highest BCUT2D eigenvalue weighted by Crippen LogP contribution is 2.34. The Balaban J connectivity index is 2.22. The maximum atomic E-state index is 13.8. The van der Waals surface area contributed by atoms with Gasteiger partial charge in [-0.05, 0) is 18.2 Å². The van der Waals surface area contributed by atoms with E-state index in [2.05, 4.69) is 4.74 Å². The van der Waals surface area contributed by atoms with Crippen LogP contribution in [0.3, 0.4) is 0 Å². The van der Waals surface area contributed by atoms with Crippen molar-refractivity contribution in [2.45, 2.75) is 6.18 Å². The summed E-state index contributed by atoms with van der Waals surface area (Å²) in [5.41, 5.74) is -0.476. The predicted molar refractivity (Wildman–Crippen MR) is 71.1 cm³/mol. The van der Waals surface area contributed by atoms with Gasteiger partial charge in [-0.3, -0.25) is 10.1 Å². The zero-order chi connectivity index (χ0) is 17.0. The summed E-state index contributed by atoms with van der Waals surface area (Å²) in [5, 5.41) is 10.5. The fraction of sp³-hybridized carbons (Fsp3) is 0.143. The molecular weight excluding hydrogens is 322 g/mol. The summed E-state index contributed by atoms with van der Waals surface area (Å²) >= 11 is 0. The lowest BCUT2D eigenvalue weighted by Gasteiger charge is -2.13. The molecule has 9 heteroatoms. The number of hydrogen-bond donors (Lipinski definition) is 0. The maximum Gasteiger partial charge on any atom is 0.422 e. The molecule has 2 aromatic carbocycles. The number of rotatable bonds is 5. The van der Waals surface area contributed by atoms with E-state index in [-0.39, 0.29) is 17.2 Å². The van der Waals surface area contributed by atoms with Crippen LogP contribution in [-0.4, -0.2) is 17.7 Å². The van der Waals surface area contributed by atoms with Gasteiger partial charge in [0.15, 0.2) is 29.7 Å². The van der Waals surface area contributed by atoms with Crippen LogP contribution >= 0.6 is 0 Å². The number of para-hydroxylation sites is 2. The molecule has 0 N–H and O–H groups in total. The average Bonchev–Trinajstić information content (AvgIpc) is 2.47. The van der Waals surface area contributed by atoms with Crippen molar-refractivity contribution < 1.29 is 32.0 Å². The second kappa shape index (κ2) is 6.51. The van der Waals surface area contributed by atoms with E-state index in [4.69, 9.17) is 4.74 Å². The predicted octanol–water partition coefficient (Wildman–Crippen LogP) is 4.47. The van der Waals surface area contributed by atoms with E-state index in [0.29, 0.717) is 6.07 Å². The molecule has 2 rings (SSSR count). The summed E-state index contributed by atoms with van der Waals surface area (Å²) in [5.74, 6) is -1.78. The number of benzene rings is 2. The van der Waals surface area contributed by atoms with Gasteiger partial charge >= 0.3 is 6.18 Å². The van der Waals surface area contributed by atoms with Crippen LogP contribution in [0.2, 0.25) is 0 Å². The standard InChI is InChI=1S/C14H9F4NO4/c15-10-7-9(19(20)21)5-6-11(10)23-13-4-2-1-3-12(13)22-8-14(16,17)18/h1-7H,8H2. The lowest BCUT2D eigenvalue weighted by Crippen LogP contribution is -2.19. The van der Waals surface area contributed by atoms with Gasteiger partial charge in [-0.25, -0.2) is 4.39 Å². The number of hydrogen-bond acceptors (Lipinski definition) is 4. The molecule has 0 aliphatic rings. The average molecular weight is 331 g/mol. The van der Waals surface area contributed by atoms with Crippen molar-refractivity contribution >= 4 is 5.69 Å². The Morgan fingerprint density at radius 2 is 1.70 bits per heavy atom. The topological polar surface area (TPSA) is 61.6 Å². The fourth-order valence-corrected chi connectivity index (χ4v) is 1.62. The van der Waals surface area contributed by atoms with Crippen LogP contribution < -0.4 is 9.47 Å². The Morgan fingerprint density at radius 3 is 2.26 bits per heavy atom. The lowest BCUT2D eigenvalue weighted by molar-refractivity contribution is -0.385. The molecule has 0 radical (unpaired) electrons. The molecule has 0 aliphatic heterocycles. The second-order valence-electron chi connectivity index (χ2n) is 4.32. The van der Waals surface area contributed by atoms with Gasteiger partial charge in [0.2, 0.25) is 0 Å². The van der Waals surface area contributed by atoms with Gasteiger partial charge in [-0.15, -0.1) is 0 Å². The third-order valence-electron chi connectivity index (χ3n) is 2.59. The van der Waals surface area contributed by atoms with Crippen molar-refractivity contribution in [3.05, 3.63) is 58.4 Å². The molecule has 0 aliphatic carbocycles. The van der Waals surface area contributed by atoms with Crippen LogP contribution in [0.5, 0.6) is 17.2 Å².